The molecule has 0 saturated carbocycles. The summed E-state index contributed by atoms with van der Waals surface area (Å²) in [6.07, 6.45) is 0.222. The van der Waals surface area contributed by atoms with Gasteiger partial charge in [-0.25, -0.2) is 0 Å². The predicted molar refractivity (Wildman–Crippen MR) is 118 cm³/mol. The zero-order valence-electron chi connectivity index (χ0n) is 17.8. The lowest BCUT2D eigenvalue weighted by Crippen LogP contribution is -2.48. The Hall–Kier alpha value is -3.08. The van der Waals surface area contributed by atoms with Crippen molar-refractivity contribution in [2.24, 2.45) is 0 Å². The Bertz CT molecular complexity index is 945. The fourth-order valence-electron chi connectivity index (χ4n) is 3.14. The lowest BCUT2D eigenvalue weighted by atomic mass is 9.98. The van der Waals surface area contributed by atoms with Crippen LogP contribution in [0, 0.1) is 10.1 Å². The zero-order chi connectivity index (χ0) is 22.6. The van der Waals surface area contributed by atoms with Crippen LogP contribution in [0.3, 0.4) is 0 Å². The van der Waals surface area contributed by atoms with Crippen molar-refractivity contribution in [3.8, 4) is 0 Å². The van der Waals surface area contributed by atoms with E-state index < -0.39 is 4.92 Å². The average molecular weight is 447 g/mol. The van der Waals surface area contributed by atoms with Crippen LogP contribution in [0.5, 0.6) is 0 Å². The monoisotopic (exact) mass is 446 g/mol. The Morgan fingerprint density at radius 3 is 2.29 bits per heavy atom. The second kappa shape index (κ2) is 9.38. The minimum atomic E-state index is -0.426. The number of benzene rings is 1. The van der Waals surface area contributed by atoms with Crippen molar-refractivity contribution < 1.29 is 14.5 Å². The van der Waals surface area contributed by atoms with Crippen molar-refractivity contribution in [2.75, 3.05) is 36.4 Å². The largest absolute Gasteiger partial charge is 0.368 e. The van der Waals surface area contributed by atoms with Crippen LogP contribution < -0.4 is 10.2 Å². The number of nitro groups is 1. The number of rotatable bonds is 6. The number of anilines is 2. The molecule has 1 aliphatic heterocycles. The maximum atomic E-state index is 12.5. The molecule has 2 aromatic rings. The maximum absolute atomic E-state index is 12.5. The van der Waals surface area contributed by atoms with E-state index in [1.165, 1.54) is 23.5 Å². The molecule has 1 saturated heterocycles. The van der Waals surface area contributed by atoms with E-state index >= 15 is 0 Å². The molecule has 166 valence electrons. The first-order chi connectivity index (χ1) is 14.6. The normalized spacial score (nSPS) is 14.4. The fourth-order valence-corrected chi connectivity index (χ4v) is 3.95. The molecule has 0 aliphatic carbocycles. The number of piperazine rings is 1. The Kier molecular flexibility index (Phi) is 6.84. The third kappa shape index (κ3) is 5.97. The molecule has 10 nitrogen and oxygen atoms in total. The van der Waals surface area contributed by atoms with E-state index in [0.29, 0.717) is 31.3 Å². The standard InChI is InChI=1S/C20H26N6O4S/c1-20(2,3)18-22-23-19(31-18)21-16(27)8-9-17(28)25-12-10-24(11-13-25)14-4-6-15(7-5-14)26(29)30/h4-7H,8-13H2,1-3H3,(H,21,23,27). The summed E-state index contributed by atoms with van der Waals surface area (Å²) in [4.78, 5) is 38.8. The van der Waals surface area contributed by atoms with Crippen molar-refractivity contribution in [3.63, 3.8) is 0 Å². The SMILES string of the molecule is CC(C)(C)c1nnc(NC(=O)CCC(=O)N2CCN(c3ccc([N+](=O)[O-])cc3)CC2)s1. The van der Waals surface area contributed by atoms with Crippen LogP contribution in [0.1, 0.15) is 38.6 Å². The Morgan fingerprint density at radius 1 is 1.10 bits per heavy atom. The summed E-state index contributed by atoms with van der Waals surface area (Å²) in [6.45, 7) is 8.44. The Balaban J connectivity index is 1.43. The number of nitrogens with one attached hydrogen (secondary N) is 1. The van der Waals surface area contributed by atoms with Gasteiger partial charge in [-0.2, -0.15) is 0 Å². The van der Waals surface area contributed by atoms with E-state index in [0.717, 1.165) is 10.7 Å². The first-order valence-corrected chi connectivity index (χ1v) is 10.9. The second-order valence-corrected chi connectivity index (χ2v) is 9.33. The van der Waals surface area contributed by atoms with Gasteiger partial charge in [0.05, 0.1) is 4.92 Å². The molecule has 1 N–H and O–H groups in total. The van der Waals surface area contributed by atoms with Crippen LogP contribution >= 0.6 is 11.3 Å². The average Bonchev–Trinajstić information content (AvgIpc) is 3.21. The van der Waals surface area contributed by atoms with Crippen molar-refractivity contribution in [1.82, 2.24) is 15.1 Å². The lowest BCUT2D eigenvalue weighted by molar-refractivity contribution is -0.384. The fraction of sp³-hybridized carbons (Fsp3) is 0.500. The second-order valence-electron chi connectivity index (χ2n) is 8.35. The smallest absolute Gasteiger partial charge is 0.269 e. The molecule has 0 bridgehead atoms. The van der Waals surface area contributed by atoms with Crippen molar-refractivity contribution in [3.05, 3.63) is 39.4 Å². The van der Waals surface area contributed by atoms with Gasteiger partial charge in [-0.05, 0) is 12.1 Å². The molecule has 0 radical (unpaired) electrons. The summed E-state index contributed by atoms with van der Waals surface area (Å²) in [5.41, 5.74) is 0.815. The molecular weight excluding hydrogens is 420 g/mol. The minimum absolute atomic E-state index is 0.0546. The van der Waals surface area contributed by atoms with E-state index in [4.69, 9.17) is 0 Å². The van der Waals surface area contributed by atoms with Crippen LogP contribution in [-0.4, -0.2) is 58.0 Å². The third-order valence-corrected chi connectivity index (χ3v) is 6.20. The maximum Gasteiger partial charge on any atom is 0.269 e. The highest BCUT2D eigenvalue weighted by atomic mass is 32.1. The van der Waals surface area contributed by atoms with E-state index in [2.05, 4.69) is 20.4 Å². The van der Waals surface area contributed by atoms with Gasteiger partial charge in [0.15, 0.2) is 0 Å². The number of hydrogen-bond donors (Lipinski definition) is 1. The van der Waals surface area contributed by atoms with Gasteiger partial charge >= 0.3 is 0 Å². The molecule has 3 rings (SSSR count). The van der Waals surface area contributed by atoms with Gasteiger partial charge in [-0.1, -0.05) is 32.1 Å². The molecular formula is C20H26N6O4S. The van der Waals surface area contributed by atoms with Crippen molar-refractivity contribution >= 4 is 39.7 Å². The van der Waals surface area contributed by atoms with Gasteiger partial charge in [0, 0.05) is 62.3 Å². The van der Waals surface area contributed by atoms with E-state index in [9.17, 15) is 19.7 Å². The van der Waals surface area contributed by atoms with E-state index in [-0.39, 0.29) is 35.8 Å². The number of nitrogens with zero attached hydrogens (tertiary/aromatic N) is 5. The number of hydrogen-bond acceptors (Lipinski definition) is 8. The first-order valence-electron chi connectivity index (χ1n) is 10.0. The molecule has 1 aliphatic rings. The number of non-ortho nitro benzene ring substituents is 1. The summed E-state index contributed by atoms with van der Waals surface area (Å²) in [5.74, 6) is -0.319. The predicted octanol–water partition coefficient (Wildman–Crippen LogP) is 2.81. The van der Waals surface area contributed by atoms with Crippen molar-refractivity contribution in [1.29, 1.82) is 0 Å². The number of amides is 2. The molecule has 0 atom stereocenters. The summed E-state index contributed by atoms with van der Waals surface area (Å²) in [6, 6.07) is 6.40. The topological polar surface area (TPSA) is 122 Å². The number of nitro benzene ring substituents is 1. The number of aromatic nitrogens is 2. The molecule has 11 heteroatoms. The first kappa shape index (κ1) is 22.6. The summed E-state index contributed by atoms with van der Waals surface area (Å²) in [5, 5.41) is 22.9. The highest BCUT2D eigenvalue weighted by Crippen LogP contribution is 2.27. The molecule has 31 heavy (non-hydrogen) atoms. The van der Waals surface area contributed by atoms with Gasteiger partial charge in [0.1, 0.15) is 5.01 Å². The summed E-state index contributed by atoms with van der Waals surface area (Å²) in [7, 11) is 0. The molecule has 1 fully saturated rings. The Labute approximate surface area is 184 Å². The van der Waals surface area contributed by atoms with E-state index in [1.807, 2.05) is 20.8 Å². The van der Waals surface area contributed by atoms with Gasteiger partial charge in [0.2, 0.25) is 16.9 Å². The van der Waals surface area contributed by atoms with Gasteiger partial charge in [-0.3, -0.25) is 19.7 Å². The highest BCUT2D eigenvalue weighted by Gasteiger charge is 2.23. The van der Waals surface area contributed by atoms with Crippen LogP contribution in [0.4, 0.5) is 16.5 Å². The lowest BCUT2D eigenvalue weighted by Gasteiger charge is -2.36. The molecule has 0 spiro atoms. The molecule has 1 aromatic carbocycles. The molecule has 1 aromatic heterocycles. The Morgan fingerprint density at radius 2 is 1.74 bits per heavy atom. The van der Waals surface area contributed by atoms with E-state index in [1.54, 1.807) is 17.0 Å². The minimum Gasteiger partial charge on any atom is -0.368 e. The van der Waals surface area contributed by atoms with Crippen molar-refractivity contribution in [2.45, 2.75) is 39.0 Å². The third-order valence-electron chi connectivity index (χ3n) is 4.94. The molecule has 2 heterocycles. The van der Waals surface area contributed by atoms with Gasteiger partial charge in [-0.15, -0.1) is 10.2 Å². The molecule has 0 unspecified atom stereocenters. The van der Waals surface area contributed by atoms with Gasteiger partial charge < -0.3 is 15.1 Å². The number of carbonyl (C=O) groups excluding carboxylic acids is 2. The summed E-state index contributed by atoms with van der Waals surface area (Å²) >= 11 is 1.34. The zero-order valence-corrected chi connectivity index (χ0v) is 18.6. The number of carbonyl (C=O) groups is 2. The van der Waals surface area contributed by atoms with Gasteiger partial charge in [0.25, 0.3) is 5.69 Å². The van der Waals surface area contributed by atoms with Crippen LogP contribution in [-0.2, 0) is 15.0 Å². The summed E-state index contributed by atoms with van der Waals surface area (Å²) < 4.78 is 0. The highest BCUT2D eigenvalue weighted by molar-refractivity contribution is 7.15. The van der Waals surface area contributed by atoms with Crippen LogP contribution in [0.15, 0.2) is 24.3 Å². The van der Waals surface area contributed by atoms with Crippen LogP contribution in [0.25, 0.3) is 0 Å². The quantitative estimate of drug-likeness (QED) is 0.535. The van der Waals surface area contributed by atoms with Crippen LogP contribution in [0.2, 0.25) is 0 Å². The molecule has 2 amide bonds.